The van der Waals surface area contributed by atoms with E-state index in [4.69, 9.17) is 4.84 Å². The Morgan fingerprint density at radius 1 is 1.20 bits per heavy atom. The summed E-state index contributed by atoms with van der Waals surface area (Å²) in [4.78, 5) is 41.0. The van der Waals surface area contributed by atoms with Gasteiger partial charge in [-0.25, -0.2) is 9.98 Å². The van der Waals surface area contributed by atoms with Gasteiger partial charge in [0.2, 0.25) is 6.10 Å². The predicted molar refractivity (Wildman–Crippen MR) is 93.1 cm³/mol. The molecular weight excluding hydrogens is 320 g/mol. The highest BCUT2D eigenvalue weighted by Crippen LogP contribution is 2.18. The highest BCUT2D eigenvalue weighted by Gasteiger charge is 2.29. The number of benzene rings is 1. The summed E-state index contributed by atoms with van der Waals surface area (Å²) in [5, 5.41) is 3.98. The van der Waals surface area contributed by atoms with Gasteiger partial charge in [-0.05, 0) is 23.8 Å². The van der Waals surface area contributed by atoms with Gasteiger partial charge in [0.05, 0.1) is 22.7 Å². The number of carbonyl (C=O) groups excluding carboxylic acids is 2. The van der Waals surface area contributed by atoms with Gasteiger partial charge in [-0.15, -0.1) is 0 Å². The molecule has 1 aromatic carbocycles. The number of nitrogens with zero attached hydrogens (tertiary/aromatic N) is 4. The molecule has 1 aliphatic carbocycles. The lowest BCUT2D eigenvalue weighted by Crippen LogP contribution is -2.22. The van der Waals surface area contributed by atoms with Gasteiger partial charge in [-0.2, -0.15) is 4.99 Å². The molecule has 0 aromatic heterocycles. The van der Waals surface area contributed by atoms with Crippen molar-refractivity contribution >= 4 is 35.3 Å². The summed E-state index contributed by atoms with van der Waals surface area (Å²) in [6.07, 6.45) is 5.57. The van der Waals surface area contributed by atoms with Crippen LogP contribution in [0.4, 0.5) is 0 Å². The molecule has 1 aromatic rings. The number of aliphatic imine (C=N–C) groups is 3. The van der Waals surface area contributed by atoms with Gasteiger partial charge in [0, 0.05) is 6.42 Å². The quantitative estimate of drug-likeness (QED) is 0.771. The fourth-order valence-corrected chi connectivity index (χ4v) is 2.60. The third-order valence-electron chi connectivity index (χ3n) is 3.87. The van der Waals surface area contributed by atoms with Crippen molar-refractivity contribution in [1.82, 2.24) is 0 Å². The fraction of sp³-hybridized carbons (Fsp3) is 0.111. The van der Waals surface area contributed by atoms with Gasteiger partial charge in [-0.1, -0.05) is 35.5 Å². The molecule has 0 fully saturated rings. The molecule has 2 heterocycles. The molecule has 4 rings (SSSR count). The standard InChI is InChI=1S/C18H12N4O3/c23-17-13-8-12(6-7-14(13)19-10-20-17)21-18(24)16-9-15(22-25-16)11-4-2-1-3-5-11/h1-8,10,16H,9H2. The van der Waals surface area contributed by atoms with Crippen molar-refractivity contribution in [3.63, 3.8) is 0 Å². The topological polar surface area (TPSA) is 92.8 Å². The Morgan fingerprint density at radius 2 is 2.04 bits per heavy atom. The van der Waals surface area contributed by atoms with E-state index >= 15 is 0 Å². The van der Waals surface area contributed by atoms with E-state index in [-0.39, 0.29) is 0 Å². The fourth-order valence-electron chi connectivity index (χ4n) is 2.60. The maximum Gasteiger partial charge on any atom is 0.290 e. The molecule has 122 valence electrons. The van der Waals surface area contributed by atoms with Crippen LogP contribution in [0.3, 0.4) is 0 Å². The average molecular weight is 332 g/mol. The van der Waals surface area contributed by atoms with Crippen molar-refractivity contribution in [1.29, 1.82) is 0 Å². The summed E-state index contributed by atoms with van der Waals surface area (Å²) in [6, 6.07) is 9.52. The molecule has 0 bridgehead atoms. The maximum atomic E-state index is 12.3. The first kappa shape index (κ1) is 15.1. The van der Waals surface area contributed by atoms with E-state index in [9.17, 15) is 9.59 Å². The normalized spacial score (nSPS) is 22.9. The van der Waals surface area contributed by atoms with E-state index in [0.717, 1.165) is 5.56 Å². The average Bonchev–Trinajstić information content (AvgIpc) is 3.13. The lowest BCUT2D eigenvalue weighted by molar-refractivity contribution is -0.127. The molecule has 7 nitrogen and oxygen atoms in total. The lowest BCUT2D eigenvalue weighted by atomic mass is 10.0. The molecule has 7 heteroatoms. The summed E-state index contributed by atoms with van der Waals surface area (Å²) in [5.41, 5.74) is 2.82. The van der Waals surface area contributed by atoms with Gasteiger partial charge in [0.25, 0.3) is 11.8 Å². The third kappa shape index (κ3) is 2.99. The van der Waals surface area contributed by atoms with Crippen molar-refractivity contribution in [2.45, 2.75) is 12.5 Å². The van der Waals surface area contributed by atoms with E-state index in [2.05, 4.69) is 20.1 Å². The van der Waals surface area contributed by atoms with Gasteiger partial charge in [0.1, 0.15) is 6.34 Å². The highest BCUT2D eigenvalue weighted by atomic mass is 16.6. The Balaban J connectivity index is 1.48. The van der Waals surface area contributed by atoms with Crippen LogP contribution in [-0.4, -0.2) is 41.4 Å². The van der Waals surface area contributed by atoms with E-state index in [1.165, 1.54) is 12.4 Å². The molecule has 25 heavy (non-hydrogen) atoms. The second kappa shape index (κ2) is 6.20. The monoisotopic (exact) mass is 332 g/mol. The van der Waals surface area contributed by atoms with E-state index in [0.29, 0.717) is 29.1 Å². The number of carbonyl (C=O) groups is 2. The van der Waals surface area contributed by atoms with Crippen LogP contribution >= 0.6 is 0 Å². The molecule has 2 aliphatic heterocycles. The Morgan fingerprint density at radius 3 is 2.88 bits per heavy atom. The molecule has 0 saturated heterocycles. The Bertz CT molecular complexity index is 936. The number of allylic oxidation sites excluding steroid dienone is 3. The minimum Gasteiger partial charge on any atom is -0.382 e. The predicted octanol–water partition coefficient (Wildman–Crippen LogP) is 1.65. The van der Waals surface area contributed by atoms with Gasteiger partial charge in [0.15, 0.2) is 0 Å². The molecular formula is C18H12N4O3. The number of amides is 2. The Labute approximate surface area is 142 Å². The number of rotatable bonds is 2. The van der Waals surface area contributed by atoms with Crippen molar-refractivity contribution in [2.75, 3.05) is 0 Å². The smallest absolute Gasteiger partial charge is 0.290 e. The molecule has 3 aliphatic rings. The molecule has 1 atom stereocenters. The zero-order chi connectivity index (χ0) is 17.2. The first-order valence-corrected chi connectivity index (χ1v) is 7.66. The van der Waals surface area contributed by atoms with Crippen LogP contribution in [0, 0.1) is 0 Å². The molecule has 0 N–H and O–H groups in total. The minimum absolute atomic E-state index is 0.324. The second-order valence-corrected chi connectivity index (χ2v) is 5.53. The van der Waals surface area contributed by atoms with Gasteiger partial charge >= 0.3 is 0 Å². The van der Waals surface area contributed by atoms with Crippen molar-refractivity contribution in [3.8, 4) is 0 Å². The van der Waals surface area contributed by atoms with Crippen LogP contribution in [0.2, 0.25) is 0 Å². The Hall–Kier alpha value is -3.48. The van der Waals surface area contributed by atoms with E-state index < -0.39 is 17.9 Å². The zero-order valence-corrected chi connectivity index (χ0v) is 13.0. The molecule has 0 spiro atoms. The summed E-state index contributed by atoms with van der Waals surface area (Å²) in [5.74, 6) is -0.848. The number of oxime groups is 1. The van der Waals surface area contributed by atoms with Crippen LogP contribution < -0.4 is 0 Å². The molecule has 0 radical (unpaired) electrons. The van der Waals surface area contributed by atoms with Crippen molar-refractivity contribution < 1.29 is 14.4 Å². The minimum atomic E-state index is -0.760. The lowest BCUT2D eigenvalue weighted by Gasteiger charge is -2.11. The van der Waals surface area contributed by atoms with Gasteiger partial charge in [-0.3, -0.25) is 9.59 Å². The summed E-state index contributed by atoms with van der Waals surface area (Å²) in [7, 11) is 0. The van der Waals surface area contributed by atoms with Crippen molar-refractivity contribution in [3.05, 3.63) is 59.7 Å². The first-order chi connectivity index (χ1) is 12.2. The second-order valence-electron chi connectivity index (χ2n) is 5.53. The number of fused-ring (bicyclic) bond motifs is 1. The molecule has 1 unspecified atom stereocenters. The van der Waals surface area contributed by atoms with Gasteiger partial charge < -0.3 is 4.84 Å². The number of hydrogen-bond acceptors (Lipinski definition) is 5. The summed E-state index contributed by atoms with van der Waals surface area (Å²) >= 11 is 0. The SMILES string of the molecule is O=C1N=CN=C2C=CC(=NC(=O)C3CC(c4ccccc4)=NO3)C=C12. The van der Waals surface area contributed by atoms with E-state index in [1.54, 1.807) is 12.2 Å². The maximum absolute atomic E-state index is 12.3. The van der Waals surface area contributed by atoms with Crippen LogP contribution in [-0.2, 0) is 14.4 Å². The highest BCUT2D eigenvalue weighted by molar-refractivity contribution is 6.36. The van der Waals surface area contributed by atoms with Crippen LogP contribution in [0.5, 0.6) is 0 Å². The summed E-state index contributed by atoms with van der Waals surface area (Å²) in [6.45, 7) is 0. The van der Waals surface area contributed by atoms with E-state index in [1.807, 2.05) is 30.3 Å². The van der Waals surface area contributed by atoms with Crippen LogP contribution in [0.25, 0.3) is 0 Å². The third-order valence-corrected chi connectivity index (χ3v) is 3.87. The zero-order valence-electron chi connectivity index (χ0n) is 13.0. The van der Waals surface area contributed by atoms with Crippen molar-refractivity contribution in [2.24, 2.45) is 20.1 Å². The van der Waals surface area contributed by atoms with Crippen LogP contribution in [0.15, 0.2) is 74.3 Å². The van der Waals surface area contributed by atoms with Crippen LogP contribution in [0.1, 0.15) is 12.0 Å². The largest absolute Gasteiger partial charge is 0.382 e. The number of hydrogen-bond donors (Lipinski definition) is 0. The molecule has 2 amide bonds. The molecule has 0 saturated carbocycles. The summed E-state index contributed by atoms with van der Waals surface area (Å²) < 4.78 is 0. The Kier molecular flexibility index (Phi) is 3.74. The first-order valence-electron chi connectivity index (χ1n) is 7.66.